The van der Waals surface area contributed by atoms with Gasteiger partial charge in [-0.05, 0) is 44.4 Å². The van der Waals surface area contributed by atoms with Crippen LogP contribution in [0.25, 0.3) is 0 Å². The van der Waals surface area contributed by atoms with Crippen LogP contribution in [0.15, 0.2) is 34.9 Å². The molecule has 1 aromatic heterocycles. The highest BCUT2D eigenvalue weighted by molar-refractivity contribution is 8.01. The van der Waals surface area contributed by atoms with E-state index < -0.39 is 10.8 Å². The van der Waals surface area contributed by atoms with Crippen molar-refractivity contribution in [2.45, 2.75) is 51.3 Å². The summed E-state index contributed by atoms with van der Waals surface area (Å²) in [6.07, 6.45) is 1.51. The Bertz CT molecular complexity index is 803. The van der Waals surface area contributed by atoms with Crippen LogP contribution >= 0.6 is 23.4 Å². The molecular formula is C20H26ClN3O3S. The molecule has 0 aliphatic carbocycles. The number of aromatic nitrogens is 1. The van der Waals surface area contributed by atoms with E-state index in [9.17, 15) is 9.59 Å². The van der Waals surface area contributed by atoms with E-state index >= 15 is 0 Å². The van der Waals surface area contributed by atoms with Crippen LogP contribution in [0.1, 0.15) is 44.9 Å². The number of benzene rings is 1. The molecule has 2 aromatic rings. The summed E-state index contributed by atoms with van der Waals surface area (Å²) in [5.41, 5.74) is 0.568. The number of hydrogen-bond donors (Lipinski definition) is 2. The SMILES string of the molecule is CCC(CC)(NC(=O)CS[C@H](C)C(=O)Nc1cc(C)on1)c1ccc(Cl)cc1. The lowest BCUT2D eigenvalue weighted by Gasteiger charge is -2.34. The molecule has 0 aliphatic heterocycles. The highest BCUT2D eigenvalue weighted by atomic mass is 35.5. The third-order valence-corrected chi connectivity index (χ3v) is 6.09. The summed E-state index contributed by atoms with van der Waals surface area (Å²) in [6.45, 7) is 7.59. The molecule has 2 amide bonds. The van der Waals surface area contributed by atoms with Crippen molar-refractivity contribution in [2.24, 2.45) is 0 Å². The zero-order chi connectivity index (χ0) is 20.7. The minimum absolute atomic E-state index is 0.111. The van der Waals surface area contributed by atoms with Crippen LogP contribution in [-0.4, -0.2) is 28.0 Å². The molecule has 0 bridgehead atoms. The number of amides is 2. The number of thioether (sulfide) groups is 1. The van der Waals surface area contributed by atoms with Crippen molar-refractivity contribution in [3.8, 4) is 0 Å². The minimum atomic E-state index is -0.452. The van der Waals surface area contributed by atoms with Gasteiger partial charge in [0.2, 0.25) is 11.8 Å². The third-order valence-electron chi connectivity index (χ3n) is 4.70. The first-order chi connectivity index (χ1) is 13.3. The second-order valence-corrected chi connectivity index (χ2v) is 8.38. The predicted molar refractivity (Wildman–Crippen MR) is 114 cm³/mol. The van der Waals surface area contributed by atoms with Gasteiger partial charge in [-0.1, -0.05) is 42.7 Å². The molecule has 0 radical (unpaired) electrons. The van der Waals surface area contributed by atoms with Crippen molar-refractivity contribution >= 4 is 41.0 Å². The summed E-state index contributed by atoms with van der Waals surface area (Å²) in [5.74, 6) is 0.842. The van der Waals surface area contributed by atoms with E-state index in [0.717, 1.165) is 18.4 Å². The maximum atomic E-state index is 12.6. The highest BCUT2D eigenvalue weighted by Crippen LogP contribution is 2.30. The van der Waals surface area contributed by atoms with Gasteiger partial charge in [-0.2, -0.15) is 0 Å². The highest BCUT2D eigenvalue weighted by Gasteiger charge is 2.30. The molecule has 0 saturated heterocycles. The van der Waals surface area contributed by atoms with Gasteiger partial charge in [-0.25, -0.2) is 0 Å². The molecular weight excluding hydrogens is 398 g/mol. The van der Waals surface area contributed by atoms with Crippen LogP contribution in [0.2, 0.25) is 5.02 Å². The molecule has 2 N–H and O–H groups in total. The van der Waals surface area contributed by atoms with E-state index in [4.69, 9.17) is 16.1 Å². The second-order valence-electron chi connectivity index (χ2n) is 6.61. The first-order valence-corrected chi connectivity index (χ1v) is 10.6. The summed E-state index contributed by atoms with van der Waals surface area (Å²) >= 11 is 7.26. The van der Waals surface area contributed by atoms with Crippen LogP contribution in [0.3, 0.4) is 0 Å². The standard InChI is InChI=1S/C20H26ClN3O3S/c1-5-20(6-2,15-7-9-16(21)10-8-15)23-18(25)12-28-14(4)19(26)22-17-11-13(3)27-24-17/h7-11,14H,5-6,12H2,1-4H3,(H,23,25)(H,22,24,26)/t14-/m1/s1. The molecule has 1 aromatic carbocycles. The zero-order valence-electron chi connectivity index (χ0n) is 16.5. The molecule has 0 unspecified atom stereocenters. The largest absolute Gasteiger partial charge is 0.360 e. The average molecular weight is 424 g/mol. The van der Waals surface area contributed by atoms with Gasteiger partial charge in [0.15, 0.2) is 5.82 Å². The Labute approximate surface area is 174 Å². The van der Waals surface area contributed by atoms with Gasteiger partial charge in [0.1, 0.15) is 5.76 Å². The summed E-state index contributed by atoms with van der Waals surface area (Å²) in [5, 5.41) is 9.82. The van der Waals surface area contributed by atoms with Gasteiger partial charge in [0.25, 0.3) is 0 Å². The Morgan fingerprint density at radius 2 is 1.89 bits per heavy atom. The second kappa shape index (κ2) is 9.98. The smallest absolute Gasteiger partial charge is 0.238 e. The third kappa shape index (κ3) is 5.75. The van der Waals surface area contributed by atoms with E-state index in [2.05, 4.69) is 15.8 Å². The number of anilines is 1. The number of nitrogens with zero attached hydrogens (tertiary/aromatic N) is 1. The van der Waals surface area contributed by atoms with Gasteiger partial charge in [-0.3, -0.25) is 9.59 Å². The fraction of sp³-hybridized carbons (Fsp3) is 0.450. The molecule has 8 heteroatoms. The first kappa shape index (κ1) is 22.3. The van der Waals surface area contributed by atoms with Crippen molar-refractivity contribution in [3.63, 3.8) is 0 Å². The Hall–Kier alpha value is -1.99. The summed E-state index contributed by atoms with van der Waals surface area (Å²) in [7, 11) is 0. The van der Waals surface area contributed by atoms with Crippen LogP contribution in [0.4, 0.5) is 5.82 Å². The van der Waals surface area contributed by atoms with E-state index in [1.807, 2.05) is 38.1 Å². The molecule has 2 rings (SSSR count). The summed E-state index contributed by atoms with van der Waals surface area (Å²) < 4.78 is 4.93. The van der Waals surface area contributed by atoms with Crippen LogP contribution in [0, 0.1) is 6.92 Å². The molecule has 0 aliphatic rings. The number of carbonyl (C=O) groups is 2. The fourth-order valence-corrected chi connectivity index (χ4v) is 3.72. The maximum absolute atomic E-state index is 12.6. The van der Waals surface area contributed by atoms with E-state index in [0.29, 0.717) is 16.6 Å². The number of halogens is 1. The van der Waals surface area contributed by atoms with Gasteiger partial charge in [0, 0.05) is 11.1 Å². The Kier molecular flexibility index (Phi) is 7.95. The van der Waals surface area contributed by atoms with Crippen molar-refractivity contribution in [3.05, 3.63) is 46.7 Å². The quantitative estimate of drug-likeness (QED) is 0.619. The normalized spacial score (nSPS) is 12.5. The van der Waals surface area contributed by atoms with Crippen LogP contribution < -0.4 is 10.6 Å². The van der Waals surface area contributed by atoms with Crippen molar-refractivity contribution in [2.75, 3.05) is 11.1 Å². The van der Waals surface area contributed by atoms with Crippen LogP contribution in [-0.2, 0) is 15.1 Å². The summed E-state index contributed by atoms with van der Waals surface area (Å²) in [6, 6.07) is 9.19. The Balaban J connectivity index is 1.93. The number of carbonyl (C=O) groups excluding carboxylic acids is 2. The lowest BCUT2D eigenvalue weighted by molar-refractivity contribution is -0.120. The van der Waals surface area contributed by atoms with Gasteiger partial charge in [0.05, 0.1) is 16.5 Å². The molecule has 0 spiro atoms. The van der Waals surface area contributed by atoms with Crippen molar-refractivity contribution in [1.29, 1.82) is 0 Å². The lowest BCUT2D eigenvalue weighted by atomic mass is 9.84. The maximum Gasteiger partial charge on any atom is 0.238 e. The number of rotatable bonds is 9. The summed E-state index contributed by atoms with van der Waals surface area (Å²) in [4.78, 5) is 24.8. The average Bonchev–Trinajstić information content (AvgIpc) is 3.09. The number of nitrogens with one attached hydrogen (secondary N) is 2. The lowest BCUT2D eigenvalue weighted by Crippen LogP contribution is -2.46. The van der Waals surface area contributed by atoms with Crippen LogP contribution in [0.5, 0.6) is 0 Å². The fourth-order valence-electron chi connectivity index (χ4n) is 2.91. The number of hydrogen-bond acceptors (Lipinski definition) is 5. The van der Waals surface area contributed by atoms with E-state index in [1.165, 1.54) is 11.8 Å². The molecule has 6 nitrogen and oxygen atoms in total. The molecule has 152 valence electrons. The zero-order valence-corrected chi connectivity index (χ0v) is 18.1. The van der Waals surface area contributed by atoms with Gasteiger partial charge in [-0.15, -0.1) is 11.8 Å². The molecule has 0 fully saturated rings. The van der Waals surface area contributed by atoms with Gasteiger partial charge >= 0.3 is 0 Å². The first-order valence-electron chi connectivity index (χ1n) is 9.22. The van der Waals surface area contributed by atoms with E-state index in [1.54, 1.807) is 19.9 Å². The topological polar surface area (TPSA) is 84.2 Å². The minimum Gasteiger partial charge on any atom is -0.360 e. The molecule has 0 saturated carbocycles. The molecule has 1 heterocycles. The van der Waals surface area contributed by atoms with Crippen molar-refractivity contribution in [1.82, 2.24) is 10.5 Å². The van der Waals surface area contributed by atoms with Crippen molar-refractivity contribution < 1.29 is 14.1 Å². The molecule has 28 heavy (non-hydrogen) atoms. The van der Waals surface area contributed by atoms with Gasteiger partial charge < -0.3 is 15.2 Å². The Morgan fingerprint density at radius 1 is 1.25 bits per heavy atom. The predicted octanol–water partition coefficient (Wildman–Crippen LogP) is 4.53. The molecule has 1 atom stereocenters. The van der Waals surface area contributed by atoms with E-state index in [-0.39, 0.29) is 17.6 Å². The monoisotopic (exact) mass is 423 g/mol. The Morgan fingerprint density at radius 3 is 2.43 bits per heavy atom. The number of aryl methyl sites for hydroxylation is 1.